The standard InChI is InChI=1S/C8H11NOS/c10-6-9-8(2-3-8)7-1-4-11-5-7/h7H,1-5H2. The summed E-state index contributed by atoms with van der Waals surface area (Å²) in [7, 11) is 0. The van der Waals surface area contributed by atoms with Crippen LogP contribution < -0.4 is 0 Å². The van der Waals surface area contributed by atoms with Gasteiger partial charge in [0, 0.05) is 0 Å². The number of aliphatic imine (C=N–C) groups is 1. The molecule has 1 heterocycles. The average molecular weight is 169 g/mol. The molecule has 1 atom stereocenters. The number of hydrogen-bond acceptors (Lipinski definition) is 3. The molecule has 0 N–H and O–H groups in total. The highest BCUT2D eigenvalue weighted by molar-refractivity contribution is 7.99. The van der Waals surface area contributed by atoms with E-state index in [2.05, 4.69) is 4.99 Å². The molecular formula is C8H11NOS. The molecule has 1 aliphatic carbocycles. The number of isocyanates is 1. The maximum absolute atomic E-state index is 10.1. The topological polar surface area (TPSA) is 29.4 Å². The summed E-state index contributed by atoms with van der Waals surface area (Å²) in [4.78, 5) is 14.0. The summed E-state index contributed by atoms with van der Waals surface area (Å²) in [5.41, 5.74) is 0.0608. The predicted molar refractivity (Wildman–Crippen MR) is 45.5 cm³/mol. The van der Waals surface area contributed by atoms with Crippen molar-refractivity contribution < 1.29 is 4.79 Å². The second kappa shape index (κ2) is 2.65. The molecule has 1 saturated heterocycles. The third-order valence-corrected chi connectivity index (χ3v) is 3.88. The summed E-state index contributed by atoms with van der Waals surface area (Å²) in [6.45, 7) is 0. The largest absolute Gasteiger partial charge is 0.235 e. The van der Waals surface area contributed by atoms with Crippen LogP contribution in [0.5, 0.6) is 0 Å². The van der Waals surface area contributed by atoms with Crippen LogP contribution in [0.2, 0.25) is 0 Å². The Morgan fingerprint density at radius 3 is 2.82 bits per heavy atom. The number of rotatable bonds is 2. The van der Waals surface area contributed by atoms with Crippen LogP contribution in [-0.4, -0.2) is 23.1 Å². The minimum Gasteiger partial charge on any atom is -0.211 e. The first-order valence-corrected chi connectivity index (χ1v) is 5.20. The Hall–Kier alpha value is -0.270. The Bertz CT molecular complexity index is 200. The lowest BCUT2D eigenvalue weighted by Crippen LogP contribution is -2.19. The molecule has 2 fully saturated rings. The minimum absolute atomic E-state index is 0.0608. The van der Waals surface area contributed by atoms with Gasteiger partial charge in [0.1, 0.15) is 0 Å². The van der Waals surface area contributed by atoms with Crippen LogP contribution in [0.3, 0.4) is 0 Å². The Labute approximate surface area is 70.5 Å². The van der Waals surface area contributed by atoms with E-state index >= 15 is 0 Å². The molecule has 1 unspecified atom stereocenters. The molecule has 1 saturated carbocycles. The highest BCUT2D eigenvalue weighted by Crippen LogP contribution is 2.50. The molecule has 0 spiro atoms. The molecule has 3 heteroatoms. The van der Waals surface area contributed by atoms with Gasteiger partial charge >= 0.3 is 0 Å². The van der Waals surface area contributed by atoms with Crippen molar-refractivity contribution in [3.05, 3.63) is 0 Å². The van der Waals surface area contributed by atoms with Gasteiger partial charge in [0.25, 0.3) is 0 Å². The summed E-state index contributed by atoms with van der Waals surface area (Å²) in [5.74, 6) is 3.13. The second-order valence-corrected chi connectivity index (χ2v) is 4.52. The lowest BCUT2D eigenvalue weighted by molar-refractivity contribution is 0.447. The second-order valence-electron chi connectivity index (χ2n) is 3.37. The molecule has 0 bridgehead atoms. The summed E-state index contributed by atoms with van der Waals surface area (Å²) in [6, 6.07) is 0. The summed E-state index contributed by atoms with van der Waals surface area (Å²) >= 11 is 1.99. The molecule has 0 amide bonds. The van der Waals surface area contributed by atoms with Crippen molar-refractivity contribution in [2.24, 2.45) is 10.9 Å². The van der Waals surface area contributed by atoms with Crippen LogP contribution in [0.25, 0.3) is 0 Å². The zero-order valence-corrected chi connectivity index (χ0v) is 7.19. The van der Waals surface area contributed by atoms with Crippen LogP contribution >= 0.6 is 11.8 Å². The SMILES string of the molecule is O=C=NC1(C2CCSC2)CC1. The highest BCUT2D eigenvalue weighted by atomic mass is 32.2. The van der Waals surface area contributed by atoms with E-state index in [1.54, 1.807) is 6.08 Å². The van der Waals surface area contributed by atoms with E-state index in [0.717, 1.165) is 12.8 Å². The summed E-state index contributed by atoms with van der Waals surface area (Å²) in [5, 5.41) is 0. The van der Waals surface area contributed by atoms with E-state index in [-0.39, 0.29) is 5.54 Å². The molecule has 60 valence electrons. The van der Waals surface area contributed by atoms with Crippen molar-refractivity contribution in [3.63, 3.8) is 0 Å². The summed E-state index contributed by atoms with van der Waals surface area (Å²) < 4.78 is 0. The van der Waals surface area contributed by atoms with Crippen molar-refractivity contribution in [3.8, 4) is 0 Å². The zero-order valence-electron chi connectivity index (χ0n) is 6.38. The number of thioether (sulfide) groups is 1. The Kier molecular flexibility index (Phi) is 1.78. The van der Waals surface area contributed by atoms with Crippen LogP contribution in [0.4, 0.5) is 0 Å². The van der Waals surface area contributed by atoms with E-state index in [4.69, 9.17) is 0 Å². The highest BCUT2D eigenvalue weighted by Gasteiger charge is 2.50. The molecule has 11 heavy (non-hydrogen) atoms. The van der Waals surface area contributed by atoms with Gasteiger partial charge in [-0.1, -0.05) is 0 Å². The maximum Gasteiger partial charge on any atom is 0.235 e. The molecule has 2 aliphatic rings. The fourth-order valence-corrected chi connectivity index (χ4v) is 3.17. The third kappa shape index (κ3) is 1.23. The molecular weight excluding hydrogens is 158 g/mol. The van der Waals surface area contributed by atoms with Crippen LogP contribution in [-0.2, 0) is 4.79 Å². The smallest absolute Gasteiger partial charge is 0.211 e. The fourth-order valence-electron chi connectivity index (χ4n) is 1.79. The van der Waals surface area contributed by atoms with Crippen LogP contribution in [0.15, 0.2) is 4.99 Å². The van der Waals surface area contributed by atoms with E-state index in [0.29, 0.717) is 5.92 Å². The van der Waals surface area contributed by atoms with E-state index in [9.17, 15) is 4.79 Å². The first-order valence-electron chi connectivity index (χ1n) is 4.04. The molecule has 0 aromatic rings. The first kappa shape index (κ1) is 7.38. The van der Waals surface area contributed by atoms with Gasteiger partial charge in [0.05, 0.1) is 5.54 Å². The Morgan fingerprint density at radius 2 is 2.36 bits per heavy atom. The molecule has 2 rings (SSSR count). The molecule has 1 aliphatic heterocycles. The Balaban J connectivity index is 2.07. The van der Waals surface area contributed by atoms with Gasteiger partial charge in [0.2, 0.25) is 6.08 Å². The van der Waals surface area contributed by atoms with Gasteiger partial charge in [-0.2, -0.15) is 16.8 Å². The van der Waals surface area contributed by atoms with E-state index < -0.39 is 0 Å². The lowest BCUT2D eigenvalue weighted by atomic mass is 9.98. The third-order valence-electron chi connectivity index (χ3n) is 2.72. The maximum atomic E-state index is 10.1. The van der Waals surface area contributed by atoms with Crippen molar-refractivity contribution in [2.75, 3.05) is 11.5 Å². The van der Waals surface area contributed by atoms with Crippen LogP contribution in [0.1, 0.15) is 19.3 Å². The quantitative estimate of drug-likeness (QED) is 0.464. The molecule has 0 aromatic heterocycles. The number of hydrogen-bond donors (Lipinski definition) is 0. The lowest BCUT2D eigenvalue weighted by Gasteiger charge is -2.14. The summed E-state index contributed by atoms with van der Waals surface area (Å²) in [6.07, 6.45) is 5.20. The predicted octanol–water partition coefficient (Wildman–Crippen LogP) is 1.61. The number of carbonyl (C=O) groups excluding carboxylic acids is 1. The van der Waals surface area contributed by atoms with Crippen molar-refractivity contribution in [2.45, 2.75) is 24.8 Å². The molecule has 2 nitrogen and oxygen atoms in total. The fraction of sp³-hybridized carbons (Fsp3) is 0.875. The van der Waals surface area contributed by atoms with Crippen molar-refractivity contribution >= 4 is 17.8 Å². The normalized spacial score (nSPS) is 32.9. The van der Waals surface area contributed by atoms with Gasteiger partial charge in [-0.15, -0.1) is 0 Å². The van der Waals surface area contributed by atoms with Gasteiger partial charge < -0.3 is 0 Å². The van der Waals surface area contributed by atoms with Gasteiger partial charge in [-0.05, 0) is 36.7 Å². The monoisotopic (exact) mass is 169 g/mol. The van der Waals surface area contributed by atoms with E-state index in [1.807, 2.05) is 11.8 Å². The van der Waals surface area contributed by atoms with Crippen molar-refractivity contribution in [1.82, 2.24) is 0 Å². The van der Waals surface area contributed by atoms with Gasteiger partial charge in [0.15, 0.2) is 0 Å². The molecule has 0 radical (unpaired) electrons. The Morgan fingerprint density at radius 1 is 1.55 bits per heavy atom. The minimum atomic E-state index is 0.0608. The van der Waals surface area contributed by atoms with E-state index in [1.165, 1.54) is 17.9 Å². The van der Waals surface area contributed by atoms with Crippen molar-refractivity contribution in [1.29, 1.82) is 0 Å². The number of nitrogens with zero attached hydrogens (tertiary/aromatic N) is 1. The van der Waals surface area contributed by atoms with Gasteiger partial charge in [-0.3, -0.25) is 0 Å². The zero-order chi connectivity index (χ0) is 7.73. The first-order chi connectivity index (χ1) is 5.37. The average Bonchev–Trinajstić information content (AvgIpc) is 2.63. The van der Waals surface area contributed by atoms with Gasteiger partial charge in [-0.25, -0.2) is 4.79 Å². The van der Waals surface area contributed by atoms with Crippen LogP contribution in [0, 0.1) is 5.92 Å². The molecule has 0 aromatic carbocycles.